The van der Waals surface area contributed by atoms with Crippen LogP contribution in [0, 0.1) is 0 Å². The largest absolute Gasteiger partial charge is 0.317 e. The number of amides is 2. The summed E-state index contributed by atoms with van der Waals surface area (Å²) in [5.41, 5.74) is 4.51. The Kier molecular flexibility index (Phi) is 6.92. The number of carbonyl (C=O) groups excluding carboxylic acids is 2. The van der Waals surface area contributed by atoms with Gasteiger partial charge in [0.2, 0.25) is 0 Å². The zero-order chi connectivity index (χ0) is 20.5. The van der Waals surface area contributed by atoms with Gasteiger partial charge in [-0.05, 0) is 41.5 Å². The smallest absolute Gasteiger partial charge is 0.287 e. The molecular weight excluding hydrogens is 386 g/mol. The molecule has 2 amide bonds. The molecule has 0 saturated carbocycles. The van der Waals surface area contributed by atoms with Crippen molar-refractivity contribution in [1.29, 1.82) is 0 Å². The van der Waals surface area contributed by atoms with Crippen LogP contribution in [-0.4, -0.2) is 18.0 Å². The van der Waals surface area contributed by atoms with E-state index in [-0.39, 0.29) is 11.6 Å². The third kappa shape index (κ3) is 6.16. The summed E-state index contributed by atoms with van der Waals surface area (Å²) in [6.45, 7) is 0. The molecule has 0 heterocycles. The van der Waals surface area contributed by atoms with E-state index in [1.54, 1.807) is 54.6 Å². The monoisotopic (exact) mass is 403 g/mol. The molecule has 0 bridgehead atoms. The Morgan fingerprint density at radius 3 is 2.07 bits per heavy atom. The minimum Gasteiger partial charge on any atom is -0.317 e. The minimum atomic E-state index is -0.539. The fourth-order valence-corrected chi connectivity index (χ4v) is 2.56. The molecule has 0 aromatic heterocycles. The van der Waals surface area contributed by atoms with Crippen LogP contribution in [0.5, 0.6) is 0 Å². The lowest BCUT2D eigenvalue weighted by Gasteiger charge is -2.09. The fraction of sp³-hybridized carbons (Fsp3) is 0. The highest BCUT2D eigenvalue weighted by atomic mass is 35.5. The SMILES string of the molecule is O=C(N/N=C/c1ccc(Cl)cc1)/C(=C/c1ccccc1)NC(=O)c1ccccc1. The van der Waals surface area contributed by atoms with Crippen LogP contribution in [0.2, 0.25) is 5.02 Å². The first-order valence-electron chi connectivity index (χ1n) is 8.84. The lowest BCUT2D eigenvalue weighted by Crippen LogP contribution is -2.32. The van der Waals surface area contributed by atoms with E-state index in [0.29, 0.717) is 10.6 Å². The Labute approximate surface area is 173 Å². The highest BCUT2D eigenvalue weighted by molar-refractivity contribution is 6.30. The summed E-state index contributed by atoms with van der Waals surface area (Å²) in [5.74, 6) is -0.923. The molecule has 0 saturated heterocycles. The molecular formula is C23H18ClN3O2. The van der Waals surface area contributed by atoms with Crippen molar-refractivity contribution < 1.29 is 9.59 Å². The molecule has 6 heteroatoms. The van der Waals surface area contributed by atoms with Crippen molar-refractivity contribution >= 4 is 35.7 Å². The summed E-state index contributed by atoms with van der Waals surface area (Å²) in [4.78, 5) is 25.1. The van der Waals surface area contributed by atoms with E-state index in [4.69, 9.17) is 11.6 Å². The van der Waals surface area contributed by atoms with E-state index in [0.717, 1.165) is 11.1 Å². The topological polar surface area (TPSA) is 70.6 Å². The summed E-state index contributed by atoms with van der Waals surface area (Å²) in [7, 11) is 0. The normalized spacial score (nSPS) is 11.3. The van der Waals surface area contributed by atoms with Crippen LogP contribution in [-0.2, 0) is 4.79 Å². The first kappa shape index (κ1) is 20.0. The number of hydrogen-bond acceptors (Lipinski definition) is 3. The quantitative estimate of drug-likeness (QED) is 0.366. The molecule has 0 aliphatic carbocycles. The Balaban J connectivity index is 1.76. The van der Waals surface area contributed by atoms with Crippen LogP contribution >= 0.6 is 11.6 Å². The molecule has 29 heavy (non-hydrogen) atoms. The number of halogens is 1. The minimum absolute atomic E-state index is 0.0818. The molecule has 0 spiro atoms. The first-order valence-corrected chi connectivity index (χ1v) is 9.22. The van der Waals surface area contributed by atoms with Crippen molar-refractivity contribution in [2.24, 2.45) is 5.10 Å². The molecule has 0 atom stereocenters. The van der Waals surface area contributed by atoms with Crippen LogP contribution in [0.1, 0.15) is 21.5 Å². The second kappa shape index (κ2) is 10.0. The maximum atomic E-state index is 12.6. The third-order valence-electron chi connectivity index (χ3n) is 3.89. The Morgan fingerprint density at radius 2 is 1.41 bits per heavy atom. The molecule has 0 unspecified atom stereocenters. The van der Waals surface area contributed by atoms with Crippen LogP contribution in [0.15, 0.2) is 95.7 Å². The molecule has 144 valence electrons. The van der Waals surface area contributed by atoms with E-state index in [1.165, 1.54) is 6.21 Å². The van der Waals surface area contributed by atoms with E-state index in [1.807, 2.05) is 36.4 Å². The molecule has 0 fully saturated rings. The summed E-state index contributed by atoms with van der Waals surface area (Å²) in [5, 5.41) is 7.22. The maximum absolute atomic E-state index is 12.6. The molecule has 0 aliphatic rings. The number of carbonyl (C=O) groups is 2. The second-order valence-corrected chi connectivity index (χ2v) is 6.48. The van der Waals surface area contributed by atoms with E-state index >= 15 is 0 Å². The Hall–Kier alpha value is -3.70. The fourth-order valence-electron chi connectivity index (χ4n) is 2.43. The van der Waals surface area contributed by atoms with Crippen molar-refractivity contribution in [2.75, 3.05) is 0 Å². The van der Waals surface area contributed by atoms with E-state index in [2.05, 4.69) is 15.8 Å². The van der Waals surface area contributed by atoms with Gasteiger partial charge in [-0.25, -0.2) is 5.43 Å². The van der Waals surface area contributed by atoms with E-state index in [9.17, 15) is 9.59 Å². The average Bonchev–Trinajstić information content (AvgIpc) is 2.76. The van der Waals surface area contributed by atoms with Gasteiger partial charge in [0.25, 0.3) is 11.8 Å². The number of rotatable bonds is 6. The molecule has 0 aliphatic heterocycles. The predicted molar refractivity (Wildman–Crippen MR) is 116 cm³/mol. The van der Waals surface area contributed by atoms with Crippen LogP contribution < -0.4 is 10.7 Å². The van der Waals surface area contributed by atoms with Gasteiger partial charge in [-0.15, -0.1) is 0 Å². The van der Waals surface area contributed by atoms with Gasteiger partial charge in [0, 0.05) is 10.6 Å². The third-order valence-corrected chi connectivity index (χ3v) is 4.14. The van der Waals surface area contributed by atoms with Gasteiger partial charge < -0.3 is 5.32 Å². The number of hydrazone groups is 1. The summed E-state index contributed by atoms with van der Waals surface area (Å²) in [6, 6.07) is 24.9. The van der Waals surface area contributed by atoms with Crippen molar-refractivity contribution in [2.45, 2.75) is 0 Å². The van der Waals surface area contributed by atoms with Crippen LogP contribution in [0.4, 0.5) is 0 Å². The van der Waals surface area contributed by atoms with Gasteiger partial charge in [-0.1, -0.05) is 72.3 Å². The van der Waals surface area contributed by atoms with E-state index < -0.39 is 5.91 Å². The molecule has 3 aromatic rings. The van der Waals surface area contributed by atoms with Crippen molar-refractivity contribution in [3.63, 3.8) is 0 Å². The van der Waals surface area contributed by atoms with Crippen LogP contribution in [0.3, 0.4) is 0 Å². The highest BCUT2D eigenvalue weighted by Crippen LogP contribution is 2.09. The van der Waals surface area contributed by atoms with Gasteiger partial charge in [-0.2, -0.15) is 5.10 Å². The number of benzene rings is 3. The van der Waals surface area contributed by atoms with Crippen molar-refractivity contribution in [3.8, 4) is 0 Å². The number of nitrogens with one attached hydrogen (secondary N) is 2. The Bertz CT molecular complexity index is 1030. The van der Waals surface area contributed by atoms with Gasteiger partial charge in [0.1, 0.15) is 5.70 Å². The van der Waals surface area contributed by atoms with Gasteiger partial charge >= 0.3 is 0 Å². The predicted octanol–water partition coefficient (Wildman–Crippen LogP) is 4.26. The first-order chi connectivity index (χ1) is 14.1. The van der Waals surface area contributed by atoms with Crippen molar-refractivity contribution in [1.82, 2.24) is 10.7 Å². The second-order valence-electron chi connectivity index (χ2n) is 6.04. The van der Waals surface area contributed by atoms with Crippen LogP contribution in [0.25, 0.3) is 6.08 Å². The summed E-state index contributed by atoms with van der Waals surface area (Å²) in [6.07, 6.45) is 3.08. The molecule has 5 nitrogen and oxygen atoms in total. The maximum Gasteiger partial charge on any atom is 0.287 e. The summed E-state index contributed by atoms with van der Waals surface area (Å²) < 4.78 is 0. The van der Waals surface area contributed by atoms with Gasteiger partial charge in [-0.3, -0.25) is 9.59 Å². The standard InChI is InChI=1S/C23H18ClN3O2/c24-20-13-11-18(12-14-20)16-25-27-23(29)21(15-17-7-3-1-4-8-17)26-22(28)19-9-5-2-6-10-19/h1-16H,(H,26,28)(H,27,29)/b21-15-,25-16+. The average molecular weight is 404 g/mol. The zero-order valence-electron chi connectivity index (χ0n) is 15.4. The number of nitrogens with zero attached hydrogens (tertiary/aromatic N) is 1. The lowest BCUT2D eigenvalue weighted by molar-refractivity contribution is -0.117. The van der Waals surface area contributed by atoms with Gasteiger partial charge in [0.15, 0.2) is 0 Å². The molecule has 2 N–H and O–H groups in total. The Morgan fingerprint density at radius 1 is 0.793 bits per heavy atom. The number of hydrogen-bond donors (Lipinski definition) is 2. The highest BCUT2D eigenvalue weighted by Gasteiger charge is 2.14. The molecule has 3 rings (SSSR count). The lowest BCUT2D eigenvalue weighted by atomic mass is 10.1. The zero-order valence-corrected chi connectivity index (χ0v) is 16.1. The van der Waals surface area contributed by atoms with Gasteiger partial charge in [0.05, 0.1) is 6.21 Å². The summed E-state index contributed by atoms with van der Waals surface area (Å²) >= 11 is 5.85. The molecule has 3 aromatic carbocycles. The van der Waals surface area contributed by atoms with Crippen molar-refractivity contribution in [3.05, 3.63) is 112 Å². The molecule has 0 radical (unpaired) electrons.